The predicted molar refractivity (Wildman–Crippen MR) is 88.2 cm³/mol. The molecule has 0 bridgehead atoms. The Morgan fingerprint density at radius 1 is 1.18 bits per heavy atom. The average Bonchev–Trinajstić information content (AvgIpc) is 2.52. The van der Waals surface area contributed by atoms with E-state index in [0.717, 1.165) is 23.3 Å². The van der Waals surface area contributed by atoms with Crippen molar-refractivity contribution >= 4 is 0 Å². The van der Waals surface area contributed by atoms with Crippen molar-refractivity contribution in [2.75, 3.05) is 13.6 Å². The second kappa shape index (κ2) is 6.11. The third-order valence-electron chi connectivity index (χ3n) is 4.47. The Hall–Kier alpha value is -1.84. The topological polar surface area (TPSA) is 41.5 Å². The quantitative estimate of drug-likeness (QED) is 0.911. The minimum atomic E-state index is -0.897. The molecule has 0 heterocycles. The minimum absolute atomic E-state index is 0.356. The summed E-state index contributed by atoms with van der Waals surface area (Å²) in [6.45, 7) is 2.54. The van der Waals surface area contributed by atoms with Gasteiger partial charge in [-0.05, 0) is 49.6 Å². The van der Waals surface area contributed by atoms with Gasteiger partial charge in [0.05, 0.1) is 0 Å². The molecule has 0 aromatic heterocycles. The first-order valence-electron chi connectivity index (χ1n) is 7.81. The Morgan fingerprint density at radius 3 is 2.68 bits per heavy atom. The van der Waals surface area contributed by atoms with Gasteiger partial charge in [0.25, 0.3) is 0 Å². The van der Waals surface area contributed by atoms with Crippen molar-refractivity contribution in [3.05, 3.63) is 65.2 Å². The Kier molecular flexibility index (Phi) is 4.19. The number of likely N-dealkylation sites (N-methyl/N-ethyl adjacent to an activating group) is 1. The second-order valence-corrected chi connectivity index (χ2v) is 6.10. The van der Waals surface area contributed by atoms with Crippen LogP contribution in [0, 0.1) is 6.92 Å². The number of para-hydroxylation sites is 1. The minimum Gasteiger partial charge on any atom is -0.482 e. The lowest BCUT2D eigenvalue weighted by Crippen LogP contribution is -2.49. The molecule has 1 aliphatic rings. The molecular formula is C19H23NO2. The highest BCUT2D eigenvalue weighted by Gasteiger charge is 2.43. The monoisotopic (exact) mass is 297 g/mol. The molecule has 3 rings (SSSR count). The molecule has 0 saturated heterocycles. The number of rotatable bonds is 4. The van der Waals surface area contributed by atoms with Crippen LogP contribution in [0.4, 0.5) is 0 Å². The van der Waals surface area contributed by atoms with E-state index in [2.05, 4.69) is 17.4 Å². The SMILES string of the molecule is CNC[C@@]1(O)CCc2ccccc2[C@H]1Oc1ccccc1C. The fourth-order valence-electron chi connectivity index (χ4n) is 3.27. The van der Waals surface area contributed by atoms with Gasteiger partial charge >= 0.3 is 0 Å². The van der Waals surface area contributed by atoms with Crippen LogP contribution in [0.5, 0.6) is 5.75 Å². The molecule has 3 nitrogen and oxygen atoms in total. The fraction of sp³-hybridized carbons (Fsp3) is 0.368. The van der Waals surface area contributed by atoms with Crippen LogP contribution in [0.3, 0.4) is 0 Å². The zero-order valence-electron chi connectivity index (χ0n) is 13.2. The van der Waals surface area contributed by atoms with Gasteiger partial charge in [0, 0.05) is 6.54 Å². The van der Waals surface area contributed by atoms with Gasteiger partial charge in [0.2, 0.25) is 0 Å². The van der Waals surface area contributed by atoms with Crippen molar-refractivity contribution in [2.24, 2.45) is 0 Å². The molecule has 0 fully saturated rings. The maximum Gasteiger partial charge on any atom is 0.154 e. The van der Waals surface area contributed by atoms with Gasteiger partial charge in [-0.1, -0.05) is 42.5 Å². The van der Waals surface area contributed by atoms with Crippen LogP contribution in [0.15, 0.2) is 48.5 Å². The van der Waals surface area contributed by atoms with E-state index in [-0.39, 0.29) is 6.10 Å². The van der Waals surface area contributed by atoms with Gasteiger partial charge in [-0.15, -0.1) is 0 Å². The summed E-state index contributed by atoms with van der Waals surface area (Å²) >= 11 is 0. The van der Waals surface area contributed by atoms with Crippen LogP contribution in [0.1, 0.15) is 29.2 Å². The number of hydrogen-bond donors (Lipinski definition) is 2. The lowest BCUT2D eigenvalue weighted by molar-refractivity contribution is -0.0735. The third-order valence-corrected chi connectivity index (χ3v) is 4.47. The first-order chi connectivity index (χ1) is 10.6. The summed E-state index contributed by atoms with van der Waals surface area (Å²) in [5.74, 6) is 0.832. The Bertz CT molecular complexity index is 655. The molecule has 22 heavy (non-hydrogen) atoms. The van der Waals surface area contributed by atoms with Crippen LogP contribution < -0.4 is 10.1 Å². The zero-order valence-corrected chi connectivity index (χ0v) is 13.2. The predicted octanol–water partition coefficient (Wildman–Crippen LogP) is 3.01. The van der Waals surface area contributed by atoms with E-state index in [0.29, 0.717) is 13.0 Å². The molecular weight excluding hydrogens is 274 g/mol. The molecule has 2 aromatic rings. The van der Waals surface area contributed by atoms with Crippen LogP contribution in [-0.4, -0.2) is 24.3 Å². The van der Waals surface area contributed by atoms with E-state index in [9.17, 15) is 5.11 Å². The van der Waals surface area contributed by atoms with Crippen LogP contribution in [-0.2, 0) is 6.42 Å². The molecule has 3 heteroatoms. The zero-order chi connectivity index (χ0) is 15.6. The van der Waals surface area contributed by atoms with Crippen LogP contribution in [0.25, 0.3) is 0 Å². The van der Waals surface area contributed by atoms with Crippen molar-refractivity contribution in [2.45, 2.75) is 31.5 Å². The molecule has 0 spiro atoms. The summed E-state index contributed by atoms with van der Waals surface area (Å²) in [5, 5.41) is 14.3. The molecule has 0 amide bonds. The van der Waals surface area contributed by atoms with Crippen molar-refractivity contribution in [3.8, 4) is 5.75 Å². The second-order valence-electron chi connectivity index (χ2n) is 6.10. The van der Waals surface area contributed by atoms with Gasteiger partial charge in [0.15, 0.2) is 6.10 Å². The van der Waals surface area contributed by atoms with Crippen molar-refractivity contribution in [1.29, 1.82) is 0 Å². The number of fused-ring (bicyclic) bond motifs is 1. The highest BCUT2D eigenvalue weighted by molar-refractivity contribution is 5.38. The first kappa shape index (κ1) is 15.1. The van der Waals surface area contributed by atoms with Crippen molar-refractivity contribution in [3.63, 3.8) is 0 Å². The molecule has 2 aromatic carbocycles. The van der Waals surface area contributed by atoms with E-state index < -0.39 is 5.60 Å². The molecule has 2 atom stereocenters. The summed E-state index contributed by atoms with van der Waals surface area (Å²) < 4.78 is 6.29. The van der Waals surface area contributed by atoms with E-state index in [1.165, 1.54) is 5.56 Å². The molecule has 0 unspecified atom stereocenters. The van der Waals surface area contributed by atoms with E-state index >= 15 is 0 Å². The summed E-state index contributed by atoms with van der Waals surface area (Å²) in [7, 11) is 1.86. The van der Waals surface area contributed by atoms with Gasteiger partial charge in [0.1, 0.15) is 11.4 Å². The maximum absolute atomic E-state index is 11.1. The van der Waals surface area contributed by atoms with Crippen LogP contribution in [0.2, 0.25) is 0 Å². The number of nitrogens with one attached hydrogen (secondary N) is 1. The number of aryl methyl sites for hydroxylation is 2. The van der Waals surface area contributed by atoms with Gasteiger partial charge < -0.3 is 15.2 Å². The summed E-state index contributed by atoms with van der Waals surface area (Å²) in [4.78, 5) is 0. The Balaban J connectivity index is 2.01. The summed E-state index contributed by atoms with van der Waals surface area (Å²) in [6.07, 6.45) is 1.22. The summed E-state index contributed by atoms with van der Waals surface area (Å²) in [5.41, 5.74) is 2.54. The van der Waals surface area contributed by atoms with E-state index in [4.69, 9.17) is 4.74 Å². The fourth-order valence-corrected chi connectivity index (χ4v) is 3.27. The number of aliphatic hydroxyl groups is 1. The standard InChI is InChI=1S/C19H23NO2/c1-14-7-3-6-10-17(14)22-18-16-9-5-4-8-15(16)11-12-19(18,21)13-20-2/h3-10,18,20-21H,11-13H2,1-2H3/t18-,19+/m1/s1. The highest BCUT2D eigenvalue weighted by Crippen LogP contribution is 2.40. The Labute approximate surface area is 131 Å². The number of hydrogen-bond acceptors (Lipinski definition) is 3. The average molecular weight is 297 g/mol. The third kappa shape index (κ3) is 2.74. The Morgan fingerprint density at radius 2 is 1.91 bits per heavy atom. The first-order valence-corrected chi connectivity index (χ1v) is 7.81. The smallest absolute Gasteiger partial charge is 0.154 e. The van der Waals surface area contributed by atoms with Crippen molar-refractivity contribution < 1.29 is 9.84 Å². The largest absolute Gasteiger partial charge is 0.482 e. The molecule has 116 valence electrons. The van der Waals surface area contributed by atoms with E-state index in [1.54, 1.807) is 0 Å². The number of benzene rings is 2. The molecule has 2 N–H and O–H groups in total. The molecule has 0 radical (unpaired) electrons. The molecule has 0 aliphatic heterocycles. The summed E-state index contributed by atoms with van der Waals surface area (Å²) in [6, 6.07) is 16.2. The van der Waals surface area contributed by atoms with Gasteiger partial charge in [-0.25, -0.2) is 0 Å². The van der Waals surface area contributed by atoms with Gasteiger partial charge in [-0.3, -0.25) is 0 Å². The lowest BCUT2D eigenvalue weighted by atomic mass is 9.77. The lowest BCUT2D eigenvalue weighted by Gasteiger charge is -2.41. The number of ether oxygens (including phenoxy) is 1. The van der Waals surface area contributed by atoms with Gasteiger partial charge in [-0.2, -0.15) is 0 Å². The van der Waals surface area contributed by atoms with Crippen molar-refractivity contribution in [1.82, 2.24) is 5.32 Å². The maximum atomic E-state index is 11.1. The highest BCUT2D eigenvalue weighted by atomic mass is 16.5. The van der Waals surface area contributed by atoms with Crippen LogP contribution >= 0.6 is 0 Å². The normalized spacial score (nSPS) is 23.9. The van der Waals surface area contributed by atoms with E-state index in [1.807, 2.05) is 50.4 Å². The molecule has 0 saturated carbocycles. The molecule has 1 aliphatic carbocycles.